The molecule has 1 rings (SSSR count). The maximum Gasteiger partial charge on any atom is 0.0835 e. The van der Waals surface area contributed by atoms with Gasteiger partial charge in [0.25, 0.3) is 0 Å². The molecule has 0 spiro atoms. The summed E-state index contributed by atoms with van der Waals surface area (Å²) in [5, 5.41) is 1.75. The lowest BCUT2D eigenvalue weighted by Gasteiger charge is -2.05. The van der Waals surface area contributed by atoms with Crippen molar-refractivity contribution in [2.24, 2.45) is 5.73 Å². The lowest BCUT2D eigenvalue weighted by Crippen LogP contribution is -2.39. The fraction of sp³-hybridized carbons (Fsp3) is 1.00. The Labute approximate surface area is 42.6 Å². The van der Waals surface area contributed by atoms with Crippen LogP contribution in [-0.2, 0) is 0 Å². The number of hydrogen-bond donors (Lipinski definition) is 3. The summed E-state index contributed by atoms with van der Waals surface area (Å²) in [6.45, 7) is 0.816. The van der Waals surface area contributed by atoms with E-state index in [0.29, 0.717) is 0 Å². The average molecular weight is 102 g/mol. The van der Waals surface area contributed by atoms with Gasteiger partial charge in [0.15, 0.2) is 0 Å². The topological polar surface area (TPSA) is 53.3 Å². The van der Waals surface area contributed by atoms with Crippen molar-refractivity contribution in [1.29, 1.82) is 0 Å². The third-order valence-electron chi connectivity index (χ3n) is 0.908. The van der Waals surface area contributed by atoms with Gasteiger partial charge in [-0.1, -0.05) is 0 Å². The molecule has 1 aliphatic heterocycles. The van der Waals surface area contributed by atoms with Gasteiger partial charge >= 0.3 is 0 Å². The van der Waals surface area contributed by atoms with Crippen molar-refractivity contribution in [3.05, 3.63) is 0 Å². The van der Waals surface area contributed by atoms with Gasteiger partial charge in [0.05, 0.1) is 6.17 Å². The molecule has 4 nitrogen and oxygen atoms in total. The van der Waals surface area contributed by atoms with Gasteiger partial charge in [-0.05, 0) is 0 Å². The molecule has 0 bridgehead atoms. The molecule has 0 aromatic heterocycles. The zero-order chi connectivity index (χ0) is 5.28. The van der Waals surface area contributed by atoms with Gasteiger partial charge in [-0.15, -0.1) is 0 Å². The predicted molar refractivity (Wildman–Crippen MR) is 26.9 cm³/mol. The highest BCUT2D eigenvalue weighted by molar-refractivity contribution is 4.62. The first-order valence-corrected chi connectivity index (χ1v) is 2.28. The second-order valence-corrected chi connectivity index (χ2v) is 1.66. The molecule has 4 heteroatoms. The minimum absolute atomic E-state index is 0.0880. The minimum Gasteiger partial charge on any atom is -0.314 e. The zero-order valence-electron chi connectivity index (χ0n) is 4.31. The molecule has 0 radical (unpaired) electrons. The second kappa shape index (κ2) is 1.75. The Morgan fingerprint density at radius 2 is 2.57 bits per heavy atom. The molecule has 1 heterocycles. The van der Waals surface area contributed by atoms with Crippen molar-refractivity contribution in [2.75, 3.05) is 13.6 Å². The van der Waals surface area contributed by atoms with E-state index >= 15 is 0 Å². The molecule has 0 aromatic rings. The molecule has 0 aromatic carbocycles. The van der Waals surface area contributed by atoms with Gasteiger partial charge in [0.1, 0.15) is 0 Å². The van der Waals surface area contributed by atoms with Gasteiger partial charge in [-0.2, -0.15) is 5.12 Å². The van der Waals surface area contributed by atoms with E-state index in [-0.39, 0.29) is 6.17 Å². The van der Waals surface area contributed by atoms with Crippen molar-refractivity contribution in [3.8, 4) is 0 Å². The van der Waals surface area contributed by atoms with E-state index in [1.54, 1.807) is 5.12 Å². The molecule has 0 saturated carbocycles. The van der Waals surface area contributed by atoms with Crippen LogP contribution in [-0.4, -0.2) is 24.9 Å². The number of hydrogen-bond acceptors (Lipinski definition) is 4. The molecule has 42 valence electrons. The highest BCUT2D eigenvalue weighted by Crippen LogP contribution is 1.79. The van der Waals surface area contributed by atoms with E-state index in [9.17, 15) is 0 Å². The van der Waals surface area contributed by atoms with Crippen LogP contribution in [0.5, 0.6) is 0 Å². The summed E-state index contributed by atoms with van der Waals surface area (Å²) < 4.78 is 0. The average Bonchev–Trinajstić information content (AvgIpc) is 1.87. The molecule has 7 heavy (non-hydrogen) atoms. The maximum absolute atomic E-state index is 5.41. The molecular formula is C3H10N4. The Balaban J connectivity index is 2.26. The number of nitrogens with two attached hydrogens (primary N) is 1. The molecule has 1 aliphatic rings. The van der Waals surface area contributed by atoms with E-state index < -0.39 is 0 Å². The van der Waals surface area contributed by atoms with Crippen molar-refractivity contribution in [1.82, 2.24) is 16.0 Å². The highest BCUT2D eigenvalue weighted by atomic mass is 15.8. The van der Waals surface area contributed by atoms with Crippen LogP contribution < -0.4 is 16.6 Å². The summed E-state index contributed by atoms with van der Waals surface area (Å²) in [6, 6.07) is 0. The molecule has 1 fully saturated rings. The molecule has 1 atom stereocenters. The van der Waals surface area contributed by atoms with Crippen molar-refractivity contribution in [3.63, 3.8) is 0 Å². The zero-order valence-corrected chi connectivity index (χ0v) is 4.31. The van der Waals surface area contributed by atoms with E-state index in [4.69, 9.17) is 5.73 Å². The van der Waals surface area contributed by atoms with Crippen LogP contribution in [0, 0.1) is 0 Å². The molecule has 0 amide bonds. The van der Waals surface area contributed by atoms with Gasteiger partial charge < -0.3 is 5.73 Å². The summed E-state index contributed by atoms with van der Waals surface area (Å²) in [4.78, 5) is 0. The van der Waals surface area contributed by atoms with Crippen LogP contribution in [0.3, 0.4) is 0 Å². The first kappa shape index (κ1) is 4.99. The Bertz CT molecular complexity index is 56.0. The highest BCUT2D eigenvalue weighted by Gasteiger charge is 2.11. The largest absolute Gasteiger partial charge is 0.314 e. The molecule has 1 saturated heterocycles. The van der Waals surface area contributed by atoms with Gasteiger partial charge in [0, 0.05) is 13.6 Å². The van der Waals surface area contributed by atoms with E-state index in [0.717, 1.165) is 6.54 Å². The van der Waals surface area contributed by atoms with Gasteiger partial charge in [0.2, 0.25) is 0 Å². The Kier molecular flexibility index (Phi) is 1.25. The van der Waals surface area contributed by atoms with Gasteiger partial charge in [-0.3, -0.25) is 0 Å². The van der Waals surface area contributed by atoms with Crippen LogP contribution in [0.25, 0.3) is 0 Å². The number of nitrogens with one attached hydrogen (secondary N) is 2. The minimum atomic E-state index is 0.0880. The first-order chi connectivity index (χ1) is 3.29. The monoisotopic (exact) mass is 102 g/mol. The predicted octanol–water partition coefficient (Wildman–Crippen LogP) is -1.77. The summed E-state index contributed by atoms with van der Waals surface area (Å²) in [5.41, 5.74) is 11.3. The number of hydrazine groups is 2. The standard InChI is InChI=1S/C3H10N4/c1-7-5-2-3(4)6-7/h3,5-6H,2,4H2,1H3. The fourth-order valence-electron chi connectivity index (χ4n) is 0.575. The molecule has 4 N–H and O–H groups in total. The first-order valence-electron chi connectivity index (χ1n) is 2.28. The maximum atomic E-state index is 5.41. The van der Waals surface area contributed by atoms with E-state index in [2.05, 4.69) is 10.9 Å². The lowest BCUT2D eigenvalue weighted by atomic mass is 10.6. The van der Waals surface area contributed by atoms with Crippen LogP contribution >= 0.6 is 0 Å². The Hall–Kier alpha value is -0.160. The van der Waals surface area contributed by atoms with Gasteiger partial charge in [-0.25, -0.2) is 10.9 Å². The number of rotatable bonds is 0. The second-order valence-electron chi connectivity index (χ2n) is 1.66. The normalized spacial score (nSPS) is 34.3. The summed E-state index contributed by atoms with van der Waals surface area (Å²) in [5.74, 6) is 0. The van der Waals surface area contributed by atoms with Crippen molar-refractivity contribution < 1.29 is 0 Å². The molecule has 1 unspecified atom stereocenters. The van der Waals surface area contributed by atoms with Crippen LogP contribution in [0.4, 0.5) is 0 Å². The summed E-state index contributed by atoms with van der Waals surface area (Å²) in [6.07, 6.45) is 0.0880. The summed E-state index contributed by atoms with van der Waals surface area (Å²) >= 11 is 0. The van der Waals surface area contributed by atoms with Crippen LogP contribution in [0.2, 0.25) is 0 Å². The SMILES string of the molecule is CN1NCC(N)N1. The fourth-order valence-corrected chi connectivity index (χ4v) is 0.575. The van der Waals surface area contributed by atoms with Crippen molar-refractivity contribution >= 4 is 0 Å². The molecule has 0 aliphatic carbocycles. The summed E-state index contributed by atoms with van der Waals surface area (Å²) in [7, 11) is 1.88. The third kappa shape index (κ3) is 1.10. The molecular weight excluding hydrogens is 92.1 g/mol. The van der Waals surface area contributed by atoms with Crippen molar-refractivity contribution in [2.45, 2.75) is 6.17 Å². The van der Waals surface area contributed by atoms with Crippen LogP contribution in [0.1, 0.15) is 0 Å². The third-order valence-corrected chi connectivity index (χ3v) is 0.908. The quantitative estimate of drug-likeness (QED) is 0.339. The van der Waals surface area contributed by atoms with E-state index in [1.807, 2.05) is 7.05 Å². The number of nitrogens with zero attached hydrogens (tertiary/aromatic N) is 1. The lowest BCUT2D eigenvalue weighted by molar-refractivity contribution is 0.223. The Morgan fingerprint density at radius 3 is 2.71 bits per heavy atom. The smallest absolute Gasteiger partial charge is 0.0835 e. The Morgan fingerprint density at radius 1 is 1.86 bits per heavy atom. The van der Waals surface area contributed by atoms with Crippen LogP contribution in [0.15, 0.2) is 0 Å². The van der Waals surface area contributed by atoms with E-state index in [1.165, 1.54) is 0 Å².